The van der Waals surface area contributed by atoms with E-state index in [1.165, 1.54) is 0 Å². The lowest BCUT2D eigenvalue weighted by atomic mass is 10.3. The molecule has 110 valence electrons. The van der Waals surface area contributed by atoms with Gasteiger partial charge in [0.1, 0.15) is 5.75 Å². The Kier molecular flexibility index (Phi) is 4.58. The minimum atomic E-state index is -3.67. The summed E-state index contributed by atoms with van der Waals surface area (Å²) in [7, 11) is -3.67. The summed E-state index contributed by atoms with van der Waals surface area (Å²) in [5.74, 6) is 0.465. The topological polar surface area (TPSA) is 92.9 Å². The molecular formula is C12H17N3O4S. The third-order valence-corrected chi connectivity index (χ3v) is 4.14. The fraction of sp³-hybridized carbons (Fsp3) is 0.417. The Morgan fingerprint density at radius 1 is 1.15 bits per heavy atom. The van der Waals surface area contributed by atoms with E-state index in [0.717, 1.165) is 4.31 Å². The highest BCUT2D eigenvalue weighted by Crippen LogP contribution is 2.09. The van der Waals surface area contributed by atoms with Gasteiger partial charge < -0.3 is 9.64 Å². The number of carbonyl (C=O) groups is 1. The van der Waals surface area contributed by atoms with Gasteiger partial charge in [0.15, 0.2) is 6.61 Å². The molecule has 1 aromatic carbocycles. The lowest BCUT2D eigenvalue weighted by Gasteiger charge is -2.32. The summed E-state index contributed by atoms with van der Waals surface area (Å²) in [4.78, 5) is 13.5. The molecule has 0 unspecified atom stereocenters. The molecule has 1 fully saturated rings. The fourth-order valence-electron chi connectivity index (χ4n) is 1.95. The molecule has 20 heavy (non-hydrogen) atoms. The van der Waals surface area contributed by atoms with E-state index < -0.39 is 10.2 Å². The van der Waals surface area contributed by atoms with Crippen LogP contribution in [0.3, 0.4) is 0 Å². The summed E-state index contributed by atoms with van der Waals surface area (Å²) in [6.45, 7) is 1.03. The maximum Gasteiger partial charge on any atom is 0.277 e. The summed E-state index contributed by atoms with van der Waals surface area (Å²) in [5, 5.41) is 5.04. The Balaban J connectivity index is 1.80. The number of rotatable bonds is 4. The third kappa shape index (κ3) is 3.92. The Morgan fingerprint density at radius 2 is 1.75 bits per heavy atom. The molecule has 1 aliphatic rings. The van der Waals surface area contributed by atoms with Crippen LogP contribution < -0.4 is 9.88 Å². The number of para-hydroxylation sites is 1. The van der Waals surface area contributed by atoms with Crippen molar-refractivity contribution in [1.29, 1.82) is 0 Å². The van der Waals surface area contributed by atoms with Crippen LogP contribution in [0.25, 0.3) is 0 Å². The summed E-state index contributed by atoms with van der Waals surface area (Å²) >= 11 is 0. The Labute approximate surface area is 118 Å². The van der Waals surface area contributed by atoms with Crippen LogP contribution in [-0.4, -0.2) is 56.3 Å². The molecule has 8 heteroatoms. The van der Waals surface area contributed by atoms with E-state index in [4.69, 9.17) is 9.88 Å². The van der Waals surface area contributed by atoms with E-state index in [-0.39, 0.29) is 25.6 Å². The summed E-state index contributed by atoms with van der Waals surface area (Å²) < 4.78 is 28.8. The number of carbonyl (C=O) groups excluding carboxylic acids is 1. The predicted octanol–water partition coefficient (Wildman–Crippen LogP) is -0.587. The maximum absolute atomic E-state index is 11.9. The Hall–Kier alpha value is -1.64. The minimum Gasteiger partial charge on any atom is -0.484 e. The number of piperazine rings is 1. The summed E-state index contributed by atoms with van der Waals surface area (Å²) in [5.41, 5.74) is 0. The first-order valence-corrected chi connectivity index (χ1v) is 7.70. The first-order valence-electron chi connectivity index (χ1n) is 6.20. The highest BCUT2D eigenvalue weighted by atomic mass is 32.2. The van der Waals surface area contributed by atoms with Gasteiger partial charge in [0, 0.05) is 26.2 Å². The van der Waals surface area contributed by atoms with E-state index in [2.05, 4.69) is 0 Å². The van der Waals surface area contributed by atoms with E-state index in [1.807, 2.05) is 18.2 Å². The van der Waals surface area contributed by atoms with Crippen molar-refractivity contribution in [2.24, 2.45) is 5.14 Å². The lowest BCUT2D eigenvalue weighted by molar-refractivity contribution is -0.134. The average molecular weight is 299 g/mol. The van der Waals surface area contributed by atoms with Crippen molar-refractivity contribution in [3.8, 4) is 5.75 Å². The van der Waals surface area contributed by atoms with Crippen LogP contribution in [-0.2, 0) is 15.0 Å². The molecule has 0 aliphatic carbocycles. The first-order chi connectivity index (χ1) is 9.47. The molecule has 1 amide bonds. The summed E-state index contributed by atoms with van der Waals surface area (Å²) in [6.07, 6.45) is 0. The molecule has 0 saturated carbocycles. The number of ether oxygens (including phenoxy) is 1. The SMILES string of the molecule is NS(=O)(=O)N1CCN(C(=O)COc2ccccc2)CC1. The second-order valence-corrected chi connectivity index (χ2v) is 5.97. The quantitative estimate of drug-likeness (QED) is 0.804. The zero-order valence-corrected chi connectivity index (χ0v) is 11.8. The number of nitrogens with two attached hydrogens (primary N) is 1. The number of hydrogen-bond donors (Lipinski definition) is 1. The predicted molar refractivity (Wildman–Crippen MR) is 73.2 cm³/mol. The molecule has 7 nitrogen and oxygen atoms in total. The molecule has 0 spiro atoms. The van der Waals surface area contributed by atoms with Gasteiger partial charge in [-0.2, -0.15) is 12.7 Å². The van der Waals surface area contributed by atoms with Crippen molar-refractivity contribution in [2.45, 2.75) is 0 Å². The van der Waals surface area contributed by atoms with E-state index in [0.29, 0.717) is 18.8 Å². The van der Waals surface area contributed by atoms with E-state index in [1.54, 1.807) is 17.0 Å². The van der Waals surface area contributed by atoms with Gasteiger partial charge >= 0.3 is 0 Å². The molecule has 1 aromatic rings. The number of amides is 1. The van der Waals surface area contributed by atoms with Crippen LogP contribution in [0.2, 0.25) is 0 Å². The Bertz CT molecular complexity index is 553. The smallest absolute Gasteiger partial charge is 0.277 e. The highest BCUT2D eigenvalue weighted by Gasteiger charge is 2.26. The maximum atomic E-state index is 11.9. The van der Waals surface area contributed by atoms with Crippen molar-refractivity contribution >= 4 is 16.1 Å². The van der Waals surface area contributed by atoms with Crippen LogP contribution >= 0.6 is 0 Å². The standard InChI is InChI=1S/C12H17N3O4S/c13-20(17,18)15-8-6-14(7-9-15)12(16)10-19-11-4-2-1-3-5-11/h1-5H,6-10H2,(H2,13,17,18). The molecule has 1 heterocycles. The molecule has 2 rings (SSSR count). The third-order valence-electron chi connectivity index (χ3n) is 3.06. The van der Waals surface area contributed by atoms with Crippen LogP contribution in [0.1, 0.15) is 0 Å². The molecule has 1 saturated heterocycles. The van der Waals surface area contributed by atoms with Crippen molar-refractivity contribution in [3.63, 3.8) is 0 Å². The van der Waals surface area contributed by atoms with Gasteiger partial charge in [0.25, 0.3) is 16.1 Å². The van der Waals surface area contributed by atoms with E-state index in [9.17, 15) is 13.2 Å². The first kappa shape index (κ1) is 14.8. The molecule has 0 atom stereocenters. The molecule has 0 radical (unpaired) electrons. The van der Waals surface area contributed by atoms with Gasteiger partial charge in [-0.05, 0) is 12.1 Å². The zero-order chi connectivity index (χ0) is 14.6. The molecule has 1 aliphatic heterocycles. The van der Waals surface area contributed by atoms with Gasteiger partial charge in [-0.1, -0.05) is 18.2 Å². The van der Waals surface area contributed by atoms with Gasteiger partial charge in [-0.3, -0.25) is 4.79 Å². The molecular weight excluding hydrogens is 282 g/mol. The molecule has 0 aromatic heterocycles. The van der Waals surface area contributed by atoms with Gasteiger partial charge in [-0.15, -0.1) is 0 Å². The van der Waals surface area contributed by atoms with Gasteiger partial charge in [0.2, 0.25) is 0 Å². The van der Waals surface area contributed by atoms with Crippen molar-refractivity contribution < 1.29 is 17.9 Å². The van der Waals surface area contributed by atoms with Crippen LogP contribution in [0.5, 0.6) is 5.75 Å². The second-order valence-electron chi connectivity index (χ2n) is 4.43. The monoisotopic (exact) mass is 299 g/mol. The second kappa shape index (κ2) is 6.21. The molecule has 2 N–H and O–H groups in total. The summed E-state index contributed by atoms with van der Waals surface area (Å²) in [6, 6.07) is 9.05. The normalized spacial score (nSPS) is 16.9. The van der Waals surface area contributed by atoms with Crippen LogP contribution in [0.4, 0.5) is 0 Å². The van der Waals surface area contributed by atoms with Gasteiger partial charge in [0.05, 0.1) is 0 Å². The van der Waals surface area contributed by atoms with Crippen molar-refractivity contribution in [1.82, 2.24) is 9.21 Å². The van der Waals surface area contributed by atoms with Gasteiger partial charge in [-0.25, -0.2) is 5.14 Å². The van der Waals surface area contributed by atoms with Crippen molar-refractivity contribution in [2.75, 3.05) is 32.8 Å². The van der Waals surface area contributed by atoms with Crippen LogP contribution in [0.15, 0.2) is 30.3 Å². The number of hydrogen-bond acceptors (Lipinski definition) is 4. The Morgan fingerprint density at radius 3 is 2.30 bits per heavy atom. The average Bonchev–Trinajstić information content (AvgIpc) is 2.45. The lowest BCUT2D eigenvalue weighted by Crippen LogP contribution is -2.53. The van der Waals surface area contributed by atoms with Crippen LogP contribution in [0, 0.1) is 0 Å². The highest BCUT2D eigenvalue weighted by molar-refractivity contribution is 7.86. The largest absolute Gasteiger partial charge is 0.484 e. The minimum absolute atomic E-state index is 0.0562. The van der Waals surface area contributed by atoms with E-state index >= 15 is 0 Å². The number of nitrogens with zero attached hydrogens (tertiary/aromatic N) is 2. The van der Waals surface area contributed by atoms with Crippen molar-refractivity contribution in [3.05, 3.63) is 30.3 Å². The zero-order valence-electron chi connectivity index (χ0n) is 10.9. The number of benzene rings is 1. The molecule has 0 bridgehead atoms. The fourth-order valence-corrected chi connectivity index (χ4v) is 2.62.